The van der Waals surface area contributed by atoms with Crippen LogP contribution in [-0.4, -0.2) is 42.6 Å². The fraction of sp³-hybridized carbons (Fsp3) is 0.600. The lowest BCUT2D eigenvalue weighted by Gasteiger charge is -2.25. The first-order valence-electron chi connectivity index (χ1n) is 7.18. The van der Waals surface area contributed by atoms with Crippen LogP contribution in [-0.2, 0) is 0 Å². The molecule has 1 aromatic carbocycles. The van der Waals surface area contributed by atoms with Gasteiger partial charge in [-0.1, -0.05) is 13.0 Å². The molecule has 0 fully saturated rings. The van der Waals surface area contributed by atoms with Gasteiger partial charge in [-0.2, -0.15) is 0 Å². The summed E-state index contributed by atoms with van der Waals surface area (Å²) in [7, 11) is 0. The van der Waals surface area contributed by atoms with E-state index in [9.17, 15) is 5.11 Å². The van der Waals surface area contributed by atoms with E-state index in [1.165, 1.54) is 0 Å². The summed E-state index contributed by atoms with van der Waals surface area (Å²) in [4.78, 5) is 0. The zero-order valence-corrected chi connectivity index (χ0v) is 11.8. The van der Waals surface area contributed by atoms with Gasteiger partial charge in [-0.25, -0.2) is 0 Å². The lowest BCUT2D eigenvalue weighted by atomic mass is 9.99. The molecule has 112 valence electrons. The van der Waals surface area contributed by atoms with Crippen LogP contribution in [0.5, 0.6) is 11.5 Å². The van der Waals surface area contributed by atoms with Crippen molar-refractivity contribution in [2.45, 2.75) is 31.9 Å². The Bertz CT molecular complexity index is 424. The normalized spacial score (nSPS) is 16.8. The summed E-state index contributed by atoms with van der Waals surface area (Å²) in [5.41, 5.74) is 0.817. The molecule has 5 nitrogen and oxygen atoms in total. The maximum Gasteiger partial charge on any atom is 0.161 e. The van der Waals surface area contributed by atoms with E-state index in [2.05, 4.69) is 5.32 Å². The molecule has 0 bridgehead atoms. The molecule has 1 aromatic rings. The summed E-state index contributed by atoms with van der Waals surface area (Å²) in [5.74, 6) is 1.42. The number of benzene rings is 1. The van der Waals surface area contributed by atoms with Gasteiger partial charge in [0.15, 0.2) is 11.5 Å². The van der Waals surface area contributed by atoms with Crippen LogP contribution >= 0.6 is 0 Å². The molecule has 1 aliphatic heterocycles. The Balaban J connectivity index is 2.04. The van der Waals surface area contributed by atoms with Crippen molar-refractivity contribution in [3.8, 4) is 11.5 Å². The quantitative estimate of drug-likeness (QED) is 0.656. The minimum absolute atomic E-state index is 0.0379. The van der Waals surface area contributed by atoms with Gasteiger partial charge >= 0.3 is 0 Å². The summed E-state index contributed by atoms with van der Waals surface area (Å²) in [6.07, 6.45) is 0.889. The van der Waals surface area contributed by atoms with E-state index < -0.39 is 6.10 Å². The molecule has 0 saturated heterocycles. The summed E-state index contributed by atoms with van der Waals surface area (Å²) in [6, 6.07) is 5.52. The van der Waals surface area contributed by atoms with E-state index in [-0.39, 0.29) is 12.6 Å². The summed E-state index contributed by atoms with van der Waals surface area (Å²) < 4.78 is 11.0. The van der Waals surface area contributed by atoms with Gasteiger partial charge in [0.2, 0.25) is 0 Å². The van der Waals surface area contributed by atoms with Crippen LogP contribution in [0.3, 0.4) is 0 Å². The minimum atomic E-state index is -0.602. The smallest absolute Gasteiger partial charge is 0.161 e. The van der Waals surface area contributed by atoms with Crippen molar-refractivity contribution in [1.82, 2.24) is 5.32 Å². The maximum absolute atomic E-state index is 10.5. The van der Waals surface area contributed by atoms with Gasteiger partial charge in [-0.3, -0.25) is 0 Å². The maximum atomic E-state index is 10.5. The van der Waals surface area contributed by atoms with Crippen LogP contribution in [0.15, 0.2) is 18.2 Å². The first-order chi connectivity index (χ1) is 9.76. The molecule has 3 N–H and O–H groups in total. The van der Waals surface area contributed by atoms with Crippen molar-refractivity contribution in [1.29, 1.82) is 0 Å². The van der Waals surface area contributed by atoms with Gasteiger partial charge < -0.3 is 25.0 Å². The number of ether oxygens (including phenoxy) is 2. The molecule has 1 heterocycles. The number of hydrogen-bond acceptors (Lipinski definition) is 5. The van der Waals surface area contributed by atoms with Gasteiger partial charge in [-0.15, -0.1) is 0 Å². The van der Waals surface area contributed by atoms with E-state index in [1.54, 1.807) is 0 Å². The molecule has 1 aliphatic rings. The van der Waals surface area contributed by atoms with E-state index in [4.69, 9.17) is 14.6 Å². The Morgan fingerprint density at radius 3 is 2.70 bits per heavy atom. The second kappa shape index (κ2) is 7.47. The van der Waals surface area contributed by atoms with Crippen molar-refractivity contribution in [2.75, 3.05) is 26.4 Å². The standard InChI is InChI=1S/C15H23NO4/c1-2-12(16-6-3-7-17)15(18)11-4-5-13-14(10-11)20-9-8-19-13/h4-5,10,12,15-18H,2-3,6-9H2,1H3. The highest BCUT2D eigenvalue weighted by Gasteiger charge is 2.21. The second-order valence-electron chi connectivity index (χ2n) is 4.89. The minimum Gasteiger partial charge on any atom is -0.486 e. The number of fused-ring (bicyclic) bond motifs is 1. The average Bonchev–Trinajstić information content (AvgIpc) is 2.50. The van der Waals surface area contributed by atoms with Gasteiger partial charge in [0, 0.05) is 12.6 Å². The highest BCUT2D eigenvalue weighted by molar-refractivity contribution is 5.44. The monoisotopic (exact) mass is 281 g/mol. The average molecular weight is 281 g/mol. The number of nitrogens with one attached hydrogen (secondary N) is 1. The highest BCUT2D eigenvalue weighted by atomic mass is 16.6. The van der Waals surface area contributed by atoms with Crippen LogP contribution in [0.4, 0.5) is 0 Å². The van der Waals surface area contributed by atoms with Crippen molar-refractivity contribution >= 4 is 0 Å². The third kappa shape index (κ3) is 3.62. The van der Waals surface area contributed by atoms with Gasteiger partial charge in [0.25, 0.3) is 0 Å². The summed E-state index contributed by atoms with van der Waals surface area (Å²) in [6.45, 7) is 3.98. The van der Waals surface area contributed by atoms with Crippen molar-refractivity contribution in [3.63, 3.8) is 0 Å². The predicted octanol–water partition coefficient (Wildman–Crippen LogP) is 1.24. The lowest BCUT2D eigenvalue weighted by molar-refractivity contribution is 0.123. The van der Waals surface area contributed by atoms with Crippen molar-refractivity contribution < 1.29 is 19.7 Å². The molecular formula is C15H23NO4. The van der Waals surface area contributed by atoms with Crippen molar-refractivity contribution in [2.24, 2.45) is 0 Å². The Kier molecular flexibility index (Phi) is 5.64. The van der Waals surface area contributed by atoms with E-state index in [0.717, 1.165) is 17.7 Å². The topological polar surface area (TPSA) is 71.0 Å². The molecule has 0 spiro atoms. The third-order valence-electron chi connectivity index (χ3n) is 3.47. The molecule has 0 radical (unpaired) electrons. The van der Waals surface area contributed by atoms with Crippen LogP contribution < -0.4 is 14.8 Å². The fourth-order valence-electron chi connectivity index (χ4n) is 2.32. The lowest BCUT2D eigenvalue weighted by Crippen LogP contribution is -2.35. The Morgan fingerprint density at radius 1 is 1.25 bits per heavy atom. The fourth-order valence-corrected chi connectivity index (χ4v) is 2.32. The number of hydrogen-bond donors (Lipinski definition) is 3. The Labute approximate surface area is 119 Å². The van der Waals surface area contributed by atoms with Crippen LogP contribution in [0.25, 0.3) is 0 Å². The zero-order chi connectivity index (χ0) is 14.4. The molecule has 0 amide bonds. The van der Waals surface area contributed by atoms with Crippen LogP contribution in [0.2, 0.25) is 0 Å². The molecule has 20 heavy (non-hydrogen) atoms. The predicted molar refractivity (Wildman–Crippen MR) is 76.2 cm³/mol. The van der Waals surface area contributed by atoms with E-state index in [0.29, 0.717) is 31.9 Å². The SMILES string of the molecule is CCC(NCCCO)C(O)c1ccc2c(c1)OCCO2. The molecule has 2 unspecified atom stereocenters. The van der Waals surface area contributed by atoms with Gasteiger partial charge in [0.05, 0.1) is 6.10 Å². The van der Waals surface area contributed by atoms with Gasteiger partial charge in [-0.05, 0) is 37.1 Å². The summed E-state index contributed by atoms with van der Waals surface area (Å²) >= 11 is 0. The molecular weight excluding hydrogens is 258 g/mol. The Hall–Kier alpha value is -1.30. The van der Waals surface area contributed by atoms with E-state index >= 15 is 0 Å². The van der Waals surface area contributed by atoms with Crippen molar-refractivity contribution in [3.05, 3.63) is 23.8 Å². The summed E-state index contributed by atoms with van der Waals surface area (Å²) in [5, 5.41) is 22.5. The van der Waals surface area contributed by atoms with Crippen LogP contribution in [0, 0.1) is 0 Å². The highest BCUT2D eigenvalue weighted by Crippen LogP contribution is 2.33. The first-order valence-corrected chi connectivity index (χ1v) is 7.18. The second-order valence-corrected chi connectivity index (χ2v) is 4.89. The molecule has 2 atom stereocenters. The van der Waals surface area contributed by atoms with Crippen LogP contribution in [0.1, 0.15) is 31.4 Å². The molecule has 0 aromatic heterocycles. The molecule has 5 heteroatoms. The number of aliphatic hydroxyl groups excluding tert-OH is 2. The molecule has 0 aliphatic carbocycles. The Morgan fingerprint density at radius 2 is 2.00 bits per heavy atom. The van der Waals surface area contributed by atoms with Gasteiger partial charge in [0.1, 0.15) is 13.2 Å². The number of rotatable bonds is 7. The number of aliphatic hydroxyl groups is 2. The molecule has 0 saturated carbocycles. The largest absolute Gasteiger partial charge is 0.486 e. The van der Waals surface area contributed by atoms with E-state index in [1.807, 2.05) is 25.1 Å². The zero-order valence-electron chi connectivity index (χ0n) is 11.8. The third-order valence-corrected chi connectivity index (χ3v) is 3.47. The molecule has 2 rings (SSSR count). The first kappa shape index (κ1) is 15.1.